The van der Waals surface area contributed by atoms with Gasteiger partial charge in [0.15, 0.2) is 5.58 Å². The second-order valence-electron chi connectivity index (χ2n) is 4.94. The van der Waals surface area contributed by atoms with E-state index in [2.05, 4.69) is 9.97 Å². The van der Waals surface area contributed by atoms with E-state index in [0.29, 0.717) is 12.0 Å². The van der Waals surface area contributed by atoms with Crippen molar-refractivity contribution in [3.63, 3.8) is 0 Å². The molecule has 0 radical (unpaired) electrons. The zero-order valence-electron chi connectivity index (χ0n) is 10.9. The highest BCUT2D eigenvalue weighted by Crippen LogP contribution is 2.33. The lowest BCUT2D eigenvalue weighted by molar-refractivity contribution is 0.0313. The van der Waals surface area contributed by atoms with Crippen LogP contribution in [-0.4, -0.2) is 22.0 Å². The molecule has 1 aromatic carbocycles. The Morgan fingerprint density at radius 2 is 2.15 bits per heavy atom. The molecule has 0 spiro atoms. The molecule has 4 rings (SSSR count). The van der Waals surface area contributed by atoms with Crippen LogP contribution in [0.4, 0.5) is 0 Å². The lowest BCUT2D eigenvalue weighted by Gasteiger charge is -2.24. The molecule has 5 heteroatoms. The lowest BCUT2D eigenvalue weighted by Crippen LogP contribution is -2.21. The number of rotatable bonds is 4. The Kier molecular flexibility index (Phi) is 3.09. The molecule has 102 valence electrons. The van der Waals surface area contributed by atoms with Crippen LogP contribution in [-0.2, 0) is 4.74 Å². The molecule has 0 aliphatic heterocycles. The van der Waals surface area contributed by atoms with Gasteiger partial charge in [-0.05, 0) is 31.4 Å². The number of aromatic nitrogens is 2. The number of nitrogens with zero attached hydrogens (tertiary/aromatic N) is 2. The van der Waals surface area contributed by atoms with Gasteiger partial charge >= 0.3 is 0 Å². The maximum atomic E-state index is 5.88. The third kappa shape index (κ3) is 2.07. The van der Waals surface area contributed by atoms with E-state index in [0.717, 1.165) is 27.1 Å². The van der Waals surface area contributed by atoms with Crippen molar-refractivity contribution in [2.24, 2.45) is 0 Å². The maximum absolute atomic E-state index is 5.88. The van der Waals surface area contributed by atoms with Crippen LogP contribution in [0.5, 0.6) is 0 Å². The van der Waals surface area contributed by atoms with E-state index in [1.807, 2.05) is 24.3 Å². The fourth-order valence-electron chi connectivity index (χ4n) is 2.33. The van der Waals surface area contributed by atoms with Crippen LogP contribution in [0, 0.1) is 0 Å². The Balaban J connectivity index is 1.64. The van der Waals surface area contributed by atoms with Crippen molar-refractivity contribution in [2.75, 3.05) is 5.94 Å². The zero-order valence-corrected chi connectivity index (χ0v) is 11.7. The van der Waals surface area contributed by atoms with Gasteiger partial charge in [0, 0.05) is 5.39 Å². The highest BCUT2D eigenvalue weighted by molar-refractivity contribution is 7.99. The van der Waals surface area contributed by atoms with Gasteiger partial charge < -0.3 is 9.15 Å². The summed E-state index contributed by atoms with van der Waals surface area (Å²) in [7, 11) is 0. The SMILES string of the molecule is c1ccc2c(c1)oc1c(SCOC3CCC3)ncnc12. The standard InChI is InChI=1S/C15H14N2O2S/c1-2-7-12-11(6-1)13-14(19-12)15(17-8-16-13)20-9-18-10-4-3-5-10/h1-2,6-8,10H,3-5,9H2. The van der Waals surface area contributed by atoms with Gasteiger partial charge in [0.1, 0.15) is 22.5 Å². The van der Waals surface area contributed by atoms with Crippen LogP contribution in [0.3, 0.4) is 0 Å². The number of benzene rings is 1. The quantitative estimate of drug-likeness (QED) is 0.412. The molecule has 0 N–H and O–H groups in total. The third-order valence-corrected chi connectivity index (χ3v) is 4.50. The summed E-state index contributed by atoms with van der Waals surface area (Å²) in [6.45, 7) is 0. The summed E-state index contributed by atoms with van der Waals surface area (Å²) in [5.41, 5.74) is 2.49. The van der Waals surface area contributed by atoms with Gasteiger partial charge in [-0.25, -0.2) is 9.97 Å². The second-order valence-corrected chi connectivity index (χ2v) is 5.85. The highest BCUT2D eigenvalue weighted by Gasteiger charge is 2.18. The molecule has 2 aromatic heterocycles. The first-order valence-corrected chi connectivity index (χ1v) is 7.77. The summed E-state index contributed by atoms with van der Waals surface area (Å²) in [6.07, 6.45) is 5.69. The number of fused-ring (bicyclic) bond motifs is 3. The Morgan fingerprint density at radius 3 is 3.00 bits per heavy atom. The molecular weight excluding hydrogens is 272 g/mol. The van der Waals surface area contributed by atoms with E-state index < -0.39 is 0 Å². The maximum Gasteiger partial charge on any atom is 0.186 e. The van der Waals surface area contributed by atoms with E-state index in [-0.39, 0.29) is 0 Å². The molecule has 4 nitrogen and oxygen atoms in total. The van der Waals surface area contributed by atoms with Crippen LogP contribution in [0.25, 0.3) is 22.1 Å². The van der Waals surface area contributed by atoms with E-state index in [9.17, 15) is 0 Å². The monoisotopic (exact) mass is 286 g/mol. The van der Waals surface area contributed by atoms with Gasteiger partial charge in [-0.3, -0.25) is 0 Å². The summed E-state index contributed by atoms with van der Waals surface area (Å²) in [4.78, 5) is 8.66. The van der Waals surface area contributed by atoms with Gasteiger partial charge in [0.25, 0.3) is 0 Å². The minimum absolute atomic E-state index is 0.440. The van der Waals surface area contributed by atoms with Crippen molar-refractivity contribution >= 4 is 33.8 Å². The predicted octanol–water partition coefficient (Wildman–Crippen LogP) is 3.99. The molecule has 0 atom stereocenters. The molecule has 20 heavy (non-hydrogen) atoms. The molecule has 0 bridgehead atoms. The summed E-state index contributed by atoms with van der Waals surface area (Å²) in [6, 6.07) is 7.93. The molecule has 1 aliphatic carbocycles. The van der Waals surface area contributed by atoms with E-state index in [1.165, 1.54) is 19.3 Å². The first kappa shape index (κ1) is 12.2. The highest BCUT2D eigenvalue weighted by atomic mass is 32.2. The van der Waals surface area contributed by atoms with Crippen LogP contribution < -0.4 is 0 Å². The fourth-order valence-corrected chi connectivity index (χ4v) is 3.09. The topological polar surface area (TPSA) is 48.2 Å². The molecule has 0 saturated heterocycles. The summed E-state index contributed by atoms with van der Waals surface area (Å²) < 4.78 is 11.6. The Labute approximate surface area is 120 Å². The summed E-state index contributed by atoms with van der Waals surface area (Å²) in [5.74, 6) is 0.619. The number of para-hydroxylation sites is 1. The molecule has 3 aromatic rings. The second kappa shape index (κ2) is 5.07. The first-order valence-electron chi connectivity index (χ1n) is 6.78. The normalized spacial score (nSPS) is 15.8. The third-order valence-electron chi connectivity index (χ3n) is 3.68. The average molecular weight is 286 g/mol. The number of hydrogen-bond donors (Lipinski definition) is 0. The lowest BCUT2D eigenvalue weighted by atomic mass is 9.96. The van der Waals surface area contributed by atoms with Crippen molar-refractivity contribution in [2.45, 2.75) is 30.4 Å². The average Bonchev–Trinajstić information content (AvgIpc) is 2.81. The minimum atomic E-state index is 0.440. The van der Waals surface area contributed by atoms with Crippen molar-refractivity contribution in [1.29, 1.82) is 0 Å². The minimum Gasteiger partial charge on any atom is -0.451 e. The van der Waals surface area contributed by atoms with Crippen molar-refractivity contribution < 1.29 is 9.15 Å². The molecule has 0 unspecified atom stereocenters. The van der Waals surface area contributed by atoms with Crippen LogP contribution in [0.2, 0.25) is 0 Å². The molecule has 0 amide bonds. The van der Waals surface area contributed by atoms with Crippen molar-refractivity contribution in [3.05, 3.63) is 30.6 Å². The van der Waals surface area contributed by atoms with Gasteiger partial charge in [-0.2, -0.15) is 0 Å². The molecule has 2 heterocycles. The smallest absolute Gasteiger partial charge is 0.186 e. The van der Waals surface area contributed by atoms with Crippen LogP contribution in [0.1, 0.15) is 19.3 Å². The fraction of sp³-hybridized carbons (Fsp3) is 0.333. The predicted molar refractivity (Wildman–Crippen MR) is 78.8 cm³/mol. The molecule has 1 saturated carbocycles. The number of hydrogen-bond acceptors (Lipinski definition) is 5. The molecular formula is C15H14N2O2S. The van der Waals surface area contributed by atoms with Gasteiger partial charge in [-0.15, -0.1) is 0 Å². The van der Waals surface area contributed by atoms with Crippen LogP contribution >= 0.6 is 11.8 Å². The Hall–Kier alpha value is -1.59. The molecule has 1 fully saturated rings. The zero-order chi connectivity index (χ0) is 13.4. The first-order chi connectivity index (χ1) is 9.92. The summed E-state index contributed by atoms with van der Waals surface area (Å²) in [5, 5.41) is 1.89. The van der Waals surface area contributed by atoms with E-state index in [1.54, 1.807) is 18.1 Å². The van der Waals surface area contributed by atoms with Gasteiger partial charge in [0.2, 0.25) is 0 Å². The van der Waals surface area contributed by atoms with Gasteiger partial charge in [-0.1, -0.05) is 23.9 Å². The van der Waals surface area contributed by atoms with Crippen LogP contribution in [0.15, 0.2) is 40.0 Å². The largest absolute Gasteiger partial charge is 0.451 e. The number of furan rings is 1. The number of ether oxygens (including phenoxy) is 1. The number of thioether (sulfide) groups is 1. The van der Waals surface area contributed by atoms with E-state index >= 15 is 0 Å². The van der Waals surface area contributed by atoms with E-state index in [4.69, 9.17) is 9.15 Å². The van der Waals surface area contributed by atoms with Gasteiger partial charge in [0.05, 0.1) is 12.0 Å². The Bertz CT molecular complexity index is 752. The summed E-state index contributed by atoms with van der Waals surface area (Å²) >= 11 is 1.58. The molecule has 1 aliphatic rings. The Morgan fingerprint density at radius 1 is 1.25 bits per heavy atom. The van der Waals surface area contributed by atoms with Crippen molar-refractivity contribution in [3.8, 4) is 0 Å². The van der Waals surface area contributed by atoms with Crippen molar-refractivity contribution in [1.82, 2.24) is 9.97 Å².